The van der Waals surface area contributed by atoms with Gasteiger partial charge in [0.2, 0.25) is 0 Å². The molecule has 0 radical (unpaired) electrons. The van der Waals surface area contributed by atoms with Crippen LogP contribution in [0.5, 0.6) is 5.75 Å². The molecular weight excluding hydrogens is 276 g/mol. The zero-order valence-electron chi connectivity index (χ0n) is 10.6. The van der Waals surface area contributed by atoms with E-state index in [1.165, 1.54) is 12.3 Å². The minimum atomic E-state index is -0.486. The zero-order valence-corrected chi connectivity index (χ0v) is 11.4. The first kappa shape index (κ1) is 12.6. The third kappa shape index (κ3) is 2.21. The van der Waals surface area contributed by atoms with E-state index in [9.17, 15) is 10.1 Å². The maximum Gasteiger partial charge on any atom is 0.364 e. The van der Waals surface area contributed by atoms with E-state index < -0.39 is 4.92 Å². The Hall–Kier alpha value is -2.47. The first-order valence-corrected chi connectivity index (χ1v) is 6.67. The molecule has 0 aliphatic heterocycles. The zero-order chi connectivity index (χ0) is 14.1. The van der Waals surface area contributed by atoms with Gasteiger partial charge in [-0.2, -0.15) is 0 Å². The van der Waals surface area contributed by atoms with Crippen LogP contribution < -0.4 is 4.74 Å². The minimum absolute atomic E-state index is 0.141. The predicted molar refractivity (Wildman–Crippen MR) is 78.3 cm³/mol. The molecule has 0 aliphatic rings. The van der Waals surface area contributed by atoms with Gasteiger partial charge in [0, 0.05) is 21.2 Å². The summed E-state index contributed by atoms with van der Waals surface area (Å²) >= 11 is 1.57. The summed E-state index contributed by atoms with van der Waals surface area (Å²) in [5.74, 6) is 0.657. The average molecular weight is 286 g/mol. The highest BCUT2D eigenvalue weighted by atomic mass is 32.1. The molecule has 5 nitrogen and oxygen atoms in total. The van der Waals surface area contributed by atoms with E-state index in [1.54, 1.807) is 24.5 Å². The van der Waals surface area contributed by atoms with E-state index >= 15 is 0 Å². The summed E-state index contributed by atoms with van der Waals surface area (Å²) in [4.78, 5) is 15.0. The van der Waals surface area contributed by atoms with Crippen molar-refractivity contribution in [2.45, 2.75) is 0 Å². The topological polar surface area (TPSA) is 65.3 Å². The highest BCUT2D eigenvalue weighted by molar-refractivity contribution is 7.22. The fourth-order valence-electron chi connectivity index (χ4n) is 1.95. The van der Waals surface area contributed by atoms with Gasteiger partial charge >= 0.3 is 5.82 Å². The standard InChI is InChI=1S/C14H10N2O3S/c1-19-11-3-2-9-6-12(20-13(9)8-11)10-4-5-15-14(7-10)16(17)18/h2-8H,1H3. The molecule has 20 heavy (non-hydrogen) atoms. The predicted octanol–water partition coefficient (Wildman–Crippen LogP) is 3.88. The van der Waals surface area contributed by atoms with Gasteiger partial charge in [-0.05, 0) is 45.6 Å². The number of pyridine rings is 1. The van der Waals surface area contributed by atoms with Crippen molar-refractivity contribution in [3.63, 3.8) is 0 Å². The fourth-order valence-corrected chi connectivity index (χ4v) is 3.04. The van der Waals surface area contributed by atoms with Crippen LogP contribution in [0.2, 0.25) is 0 Å². The van der Waals surface area contributed by atoms with Crippen molar-refractivity contribution in [1.29, 1.82) is 0 Å². The number of benzene rings is 1. The molecule has 0 amide bonds. The first-order valence-electron chi connectivity index (χ1n) is 5.86. The number of methoxy groups -OCH3 is 1. The monoisotopic (exact) mass is 286 g/mol. The summed E-state index contributed by atoms with van der Waals surface area (Å²) in [5, 5.41) is 11.9. The van der Waals surface area contributed by atoms with Gasteiger partial charge in [-0.25, -0.2) is 0 Å². The molecule has 6 heteroatoms. The van der Waals surface area contributed by atoms with Crippen LogP contribution in [0.15, 0.2) is 42.6 Å². The molecule has 3 rings (SSSR count). The van der Waals surface area contributed by atoms with Crippen LogP contribution in [0.25, 0.3) is 20.5 Å². The molecule has 1 aromatic carbocycles. The summed E-state index contributed by atoms with van der Waals surface area (Å²) in [5.41, 5.74) is 0.798. The second-order valence-electron chi connectivity index (χ2n) is 4.17. The Morgan fingerprint density at radius 3 is 2.85 bits per heavy atom. The third-order valence-electron chi connectivity index (χ3n) is 2.94. The summed E-state index contributed by atoms with van der Waals surface area (Å²) in [6.07, 6.45) is 1.46. The quantitative estimate of drug-likeness (QED) is 0.541. The molecule has 0 spiro atoms. The number of nitrogens with zero attached hydrogens (tertiary/aromatic N) is 2. The van der Waals surface area contributed by atoms with Gasteiger partial charge < -0.3 is 14.9 Å². The van der Waals surface area contributed by atoms with Gasteiger partial charge in [-0.15, -0.1) is 11.3 Å². The fraction of sp³-hybridized carbons (Fsp3) is 0.0714. The first-order chi connectivity index (χ1) is 9.67. The molecule has 0 atom stereocenters. The second kappa shape index (κ2) is 4.90. The lowest BCUT2D eigenvalue weighted by atomic mass is 10.2. The van der Waals surface area contributed by atoms with Crippen molar-refractivity contribution >= 4 is 27.2 Å². The lowest BCUT2D eigenvalue weighted by Crippen LogP contribution is -1.91. The SMILES string of the molecule is COc1ccc2cc(-c3ccnc([N+](=O)[O-])c3)sc2c1. The van der Waals surface area contributed by atoms with Crippen LogP contribution in [0.4, 0.5) is 5.82 Å². The Morgan fingerprint density at radius 1 is 1.25 bits per heavy atom. The Bertz CT molecular complexity index is 798. The summed E-state index contributed by atoms with van der Waals surface area (Å²) in [7, 11) is 1.63. The molecule has 2 aromatic heterocycles. The molecule has 0 saturated carbocycles. The van der Waals surface area contributed by atoms with Crippen molar-refractivity contribution in [2.75, 3.05) is 7.11 Å². The summed E-state index contributed by atoms with van der Waals surface area (Å²) < 4.78 is 6.28. The number of aromatic nitrogens is 1. The van der Waals surface area contributed by atoms with Gasteiger partial charge in [-0.1, -0.05) is 0 Å². The van der Waals surface area contributed by atoms with Gasteiger partial charge in [0.05, 0.1) is 7.11 Å². The number of hydrogen-bond donors (Lipinski definition) is 0. The highest BCUT2D eigenvalue weighted by Crippen LogP contribution is 2.35. The highest BCUT2D eigenvalue weighted by Gasteiger charge is 2.11. The van der Waals surface area contributed by atoms with E-state index in [0.717, 1.165) is 26.3 Å². The van der Waals surface area contributed by atoms with Crippen molar-refractivity contribution in [1.82, 2.24) is 4.98 Å². The van der Waals surface area contributed by atoms with E-state index in [-0.39, 0.29) is 5.82 Å². The smallest absolute Gasteiger partial charge is 0.364 e. The summed E-state index contributed by atoms with van der Waals surface area (Å²) in [6, 6.07) is 11.1. The lowest BCUT2D eigenvalue weighted by Gasteiger charge is -1.97. The number of fused-ring (bicyclic) bond motifs is 1. The molecule has 0 aliphatic carbocycles. The Balaban J connectivity index is 2.10. The molecule has 2 heterocycles. The van der Waals surface area contributed by atoms with Crippen molar-refractivity contribution < 1.29 is 9.66 Å². The second-order valence-corrected chi connectivity index (χ2v) is 5.26. The van der Waals surface area contributed by atoms with E-state index in [0.29, 0.717) is 0 Å². The number of ether oxygens (including phenoxy) is 1. The minimum Gasteiger partial charge on any atom is -0.497 e. The lowest BCUT2D eigenvalue weighted by molar-refractivity contribution is -0.389. The van der Waals surface area contributed by atoms with Crippen LogP contribution in [-0.4, -0.2) is 17.0 Å². The molecule has 0 unspecified atom stereocenters. The number of thiophene rings is 1. The van der Waals surface area contributed by atoms with Crippen LogP contribution in [-0.2, 0) is 0 Å². The van der Waals surface area contributed by atoms with E-state index in [2.05, 4.69) is 4.98 Å². The molecule has 0 bridgehead atoms. The van der Waals surface area contributed by atoms with Gasteiger partial charge in [0.1, 0.15) is 11.9 Å². The van der Waals surface area contributed by atoms with Gasteiger partial charge in [0.15, 0.2) is 0 Å². The van der Waals surface area contributed by atoms with Crippen molar-refractivity contribution in [3.05, 3.63) is 52.7 Å². The maximum atomic E-state index is 10.8. The van der Waals surface area contributed by atoms with Crippen LogP contribution in [0.1, 0.15) is 0 Å². The van der Waals surface area contributed by atoms with E-state index in [4.69, 9.17) is 4.74 Å². The van der Waals surface area contributed by atoms with Crippen LogP contribution in [0.3, 0.4) is 0 Å². The Morgan fingerprint density at radius 2 is 2.10 bits per heavy atom. The Kier molecular flexibility index (Phi) is 3.08. The molecule has 0 saturated heterocycles. The van der Waals surface area contributed by atoms with Crippen LogP contribution in [0, 0.1) is 10.1 Å². The third-order valence-corrected chi connectivity index (χ3v) is 4.09. The normalized spacial score (nSPS) is 10.7. The number of rotatable bonds is 3. The maximum absolute atomic E-state index is 10.8. The Labute approximate surface area is 118 Å². The van der Waals surface area contributed by atoms with Crippen molar-refractivity contribution in [2.24, 2.45) is 0 Å². The van der Waals surface area contributed by atoms with Crippen LogP contribution >= 0.6 is 11.3 Å². The molecule has 0 N–H and O–H groups in total. The molecule has 0 fully saturated rings. The average Bonchev–Trinajstić information content (AvgIpc) is 2.90. The molecular formula is C14H10N2O3S. The molecule has 100 valence electrons. The van der Waals surface area contributed by atoms with Crippen molar-refractivity contribution in [3.8, 4) is 16.2 Å². The molecule has 3 aromatic rings. The largest absolute Gasteiger partial charge is 0.497 e. The van der Waals surface area contributed by atoms with Gasteiger partial charge in [0.25, 0.3) is 0 Å². The van der Waals surface area contributed by atoms with E-state index in [1.807, 2.05) is 24.3 Å². The number of hydrogen-bond acceptors (Lipinski definition) is 5. The number of nitro groups is 1. The summed E-state index contributed by atoms with van der Waals surface area (Å²) in [6.45, 7) is 0. The van der Waals surface area contributed by atoms with Gasteiger partial charge in [-0.3, -0.25) is 0 Å².